The van der Waals surface area contributed by atoms with Crippen LogP contribution in [0.3, 0.4) is 0 Å². The van der Waals surface area contributed by atoms with Crippen molar-refractivity contribution in [1.29, 1.82) is 0 Å². The van der Waals surface area contributed by atoms with Crippen molar-refractivity contribution < 1.29 is 47.5 Å². The van der Waals surface area contributed by atoms with E-state index in [9.17, 15) is 9.59 Å². The SMILES string of the molecule is CC(C)(C)OC(=O)C(CCCCCO[C@@H]1[C@H]2OC(C)(C)O[C@H]2O[C@@H]1[C@H]1COC(C)(C)O1)C(=O)OC(C)(C)C. The Hall–Kier alpha value is -1.30. The Morgan fingerprint density at radius 1 is 0.816 bits per heavy atom. The summed E-state index contributed by atoms with van der Waals surface area (Å²) in [5.41, 5.74) is -1.38. The number of fused-ring (bicyclic) bond motifs is 1. The fourth-order valence-corrected chi connectivity index (χ4v) is 4.79. The Balaban J connectivity index is 1.52. The van der Waals surface area contributed by atoms with Crippen LogP contribution >= 0.6 is 0 Å². The van der Waals surface area contributed by atoms with Gasteiger partial charge in [0.1, 0.15) is 35.6 Å². The fourth-order valence-electron chi connectivity index (χ4n) is 4.79. The molecule has 3 aliphatic heterocycles. The Bertz CT molecular complexity index is 796. The normalized spacial score (nSPS) is 30.4. The number of hydrogen-bond donors (Lipinski definition) is 0. The molecule has 0 N–H and O–H groups in total. The molecule has 3 aliphatic rings. The van der Waals surface area contributed by atoms with Gasteiger partial charge >= 0.3 is 11.9 Å². The van der Waals surface area contributed by atoms with Crippen molar-refractivity contribution in [2.24, 2.45) is 5.92 Å². The minimum atomic E-state index is -0.961. The number of ether oxygens (including phenoxy) is 8. The molecule has 3 rings (SSSR count). The largest absolute Gasteiger partial charge is 0.459 e. The maximum atomic E-state index is 12.7. The van der Waals surface area contributed by atoms with E-state index < -0.39 is 46.9 Å². The smallest absolute Gasteiger partial charge is 0.320 e. The minimum Gasteiger partial charge on any atom is -0.459 e. The van der Waals surface area contributed by atoms with E-state index in [1.54, 1.807) is 41.5 Å². The van der Waals surface area contributed by atoms with E-state index >= 15 is 0 Å². The Morgan fingerprint density at radius 3 is 1.95 bits per heavy atom. The second-order valence-corrected chi connectivity index (χ2v) is 13.2. The minimum absolute atomic E-state index is 0.292. The van der Waals surface area contributed by atoms with Crippen LogP contribution in [0.2, 0.25) is 0 Å². The highest BCUT2D eigenvalue weighted by Crippen LogP contribution is 2.42. The highest BCUT2D eigenvalue weighted by atomic mass is 16.8. The molecule has 0 radical (unpaired) electrons. The Morgan fingerprint density at radius 2 is 1.42 bits per heavy atom. The first-order chi connectivity index (χ1) is 17.4. The lowest BCUT2D eigenvalue weighted by Crippen LogP contribution is -2.44. The molecule has 0 unspecified atom stereocenters. The first kappa shape index (κ1) is 31.2. The van der Waals surface area contributed by atoms with Crippen LogP contribution in [-0.2, 0) is 47.5 Å². The zero-order chi connectivity index (χ0) is 28.5. The van der Waals surface area contributed by atoms with Crippen molar-refractivity contribution in [2.75, 3.05) is 13.2 Å². The van der Waals surface area contributed by atoms with Crippen LogP contribution < -0.4 is 0 Å². The molecule has 10 heteroatoms. The second-order valence-electron chi connectivity index (χ2n) is 13.2. The van der Waals surface area contributed by atoms with E-state index in [2.05, 4.69) is 0 Å². The van der Waals surface area contributed by atoms with E-state index in [1.165, 1.54) is 0 Å². The third-order valence-corrected chi connectivity index (χ3v) is 6.25. The molecule has 0 saturated carbocycles. The summed E-state index contributed by atoms with van der Waals surface area (Å²) >= 11 is 0. The molecule has 0 amide bonds. The summed E-state index contributed by atoms with van der Waals surface area (Å²) in [4.78, 5) is 25.5. The molecular formula is C28H48O10. The lowest BCUT2D eigenvalue weighted by molar-refractivity contribution is -0.236. The van der Waals surface area contributed by atoms with Crippen molar-refractivity contribution in [3.05, 3.63) is 0 Å². The zero-order valence-electron chi connectivity index (χ0n) is 24.8. The first-order valence-electron chi connectivity index (χ1n) is 13.8. The lowest BCUT2D eigenvalue weighted by atomic mass is 10.00. The van der Waals surface area contributed by atoms with E-state index in [1.807, 2.05) is 27.7 Å². The van der Waals surface area contributed by atoms with Crippen molar-refractivity contribution in [3.8, 4) is 0 Å². The van der Waals surface area contributed by atoms with Gasteiger partial charge in [-0.15, -0.1) is 0 Å². The molecular weight excluding hydrogens is 496 g/mol. The van der Waals surface area contributed by atoms with E-state index in [4.69, 9.17) is 37.9 Å². The van der Waals surface area contributed by atoms with Gasteiger partial charge in [-0.25, -0.2) is 0 Å². The van der Waals surface area contributed by atoms with Crippen molar-refractivity contribution in [2.45, 2.75) is 148 Å². The molecule has 0 aromatic carbocycles. The molecule has 0 spiro atoms. The zero-order valence-corrected chi connectivity index (χ0v) is 24.8. The maximum absolute atomic E-state index is 12.7. The van der Waals surface area contributed by atoms with Gasteiger partial charge < -0.3 is 37.9 Å². The summed E-state index contributed by atoms with van der Waals surface area (Å²) in [5.74, 6) is -3.51. The molecule has 0 bridgehead atoms. The highest BCUT2D eigenvalue weighted by molar-refractivity contribution is 5.95. The van der Waals surface area contributed by atoms with Gasteiger partial charge in [0, 0.05) is 6.61 Å². The second kappa shape index (κ2) is 11.7. The van der Waals surface area contributed by atoms with Crippen LogP contribution in [0.15, 0.2) is 0 Å². The van der Waals surface area contributed by atoms with E-state index in [-0.39, 0.29) is 24.4 Å². The first-order valence-corrected chi connectivity index (χ1v) is 13.8. The van der Waals surface area contributed by atoms with Gasteiger partial charge in [0.2, 0.25) is 0 Å². The summed E-state index contributed by atoms with van der Waals surface area (Å²) in [6, 6.07) is 0. The molecule has 3 fully saturated rings. The summed E-state index contributed by atoms with van der Waals surface area (Å²) in [7, 11) is 0. The van der Waals surface area contributed by atoms with Gasteiger partial charge in [0.15, 0.2) is 23.8 Å². The molecule has 0 aromatic heterocycles. The number of hydrogen-bond acceptors (Lipinski definition) is 10. The van der Waals surface area contributed by atoms with Gasteiger partial charge in [-0.2, -0.15) is 0 Å². The van der Waals surface area contributed by atoms with Crippen molar-refractivity contribution >= 4 is 11.9 Å². The molecule has 220 valence electrons. The molecule has 3 heterocycles. The predicted molar refractivity (Wildman–Crippen MR) is 137 cm³/mol. The van der Waals surface area contributed by atoms with Crippen LogP contribution in [-0.4, -0.2) is 78.6 Å². The van der Waals surface area contributed by atoms with E-state index in [0.717, 1.165) is 12.8 Å². The topological polar surface area (TPSA) is 108 Å². The summed E-state index contributed by atoms with van der Waals surface area (Å²) in [6.45, 7) is 19.0. The number of rotatable bonds is 10. The molecule has 0 aromatic rings. The van der Waals surface area contributed by atoms with E-state index in [0.29, 0.717) is 26.1 Å². The van der Waals surface area contributed by atoms with Crippen LogP contribution in [0.4, 0.5) is 0 Å². The number of esters is 2. The van der Waals surface area contributed by atoms with Crippen molar-refractivity contribution in [1.82, 2.24) is 0 Å². The van der Waals surface area contributed by atoms with Crippen LogP contribution in [0.25, 0.3) is 0 Å². The lowest BCUT2D eigenvalue weighted by Gasteiger charge is -2.29. The third-order valence-electron chi connectivity index (χ3n) is 6.25. The molecule has 5 atom stereocenters. The molecule has 3 saturated heterocycles. The summed E-state index contributed by atoms with van der Waals surface area (Å²) in [5, 5.41) is 0. The maximum Gasteiger partial charge on any atom is 0.320 e. The monoisotopic (exact) mass is 544 g/mol. The quantitative estimate of drug-likeness (QED) is 0.225. The molecule has 10 nitrogen and oxygen atoms in total. The molecule has 0 aliphatic carbocycles. The van der Waals surface area contributed by atoms with Gasteiger partial charge in [-0.3, -0.25) is 9.59 Å². The van der Waals surface area contributed by atoms with Gasteiger partial charge in [0.25, 0.3) is 0 Å². The highest BCUT2D eigenvalue weighted by Gasteiger charge is 2.58. The standard InChI is InChI=1S/C28H48O10/c1-25(2,3)36-22(29)17(23(30)37-26(4,5)6)14-12-11-13-15-31-20-19(18-16-32-27(7,8)34-18)33-24-21(20)35-28(9,10)38-24/h17-21,24H,11-16H2,1-10H3/t18-,19-,20+,21-,24-/m1/s1. The Labute approximate surface area is 227 Å². The van der Waals surface area contributed by atoms with Gasteiger partial charge in [-0.05, 0) is 82.1 Å². The predicted octanol–water partition coefficient (Wildman–Crippen LogP) is 4.26. The number of carbonyl (C=O) groups excluding carboxylic acids is 2. The van der Waals surface area contributed by atoms with Crippen molar-refractivity contribution in [3.63, 3.8) is 0 Å². The third kappa shape index (κ3) is 8.86. The van der Waals surface area contributed by atoms with Gasteiger partial charge in [0.05, 0.1) is 6.61 Å². The number of unbranched alkanes of at least 4 members (excludes halogenated alkanes) is 2. The van der Waals surface area contributed by atoms with Crippen LogP contribution in [0.5, 0.6) is 0 Å². The summed E-state index contributed by atoms with van der Waals surface area (Å²) < 4.78 is 47.2. The summed E-state index contributed by atoms with van der Waals surface area (Å²) in [6.07, 6.45) is 0.523. The number of carbonyl (C=O) groups is 2. The average molecular weight is 545 g/mol. The average Bonchev–Trinajstić information content (AvgIpc) is 3.33. The van der Waals surface area contributed by atoms with Crippen LogP contribution in [0.1, 0.15) is 94.9 Å². The van der Waals surface area contributed by atoms with Crippen LogP contribution in [0, 0.1) is 5.92 Å². The fraction of sp³-hybridized carbons (Fsp3) is 0.929. The molecule has 38 heavy (non-hydrogen) atoms. The van der Waals surface area contributed by atoms with Gasteiger partial charge in [-0.1, -0.05) is 12.8 Å². The Kier molecular flexibility index (Phi) is 9.59.